The van der Waals surface area contributed by atoms with E-state index in [0.29, 0.717) is 12.6 Å². The second kappa shape index (κ2) is 8.21. The molecule has 1 fully saturated rings. The van der Waals surface area contributed by atoms with Crippen molar-refractivity contribution >= 4 is 29.0 Å². The minimum absolute atomic E-state index is 0.000405. The Bertz CT molecular complexity index is 730. The van der Waals surface area contributed by atoms with E-state index < -0.39 is 0 Å². The average Bonchev–Trinajstić information content (AvgIpc) is 3.05. The lowest BCUT2D eigenvalue weighted by molar-refractivity contribution is -0.147. The molecule has 0 aliphatic carbocycles. The number of amides is 1. The van der Waals surface area contributed by atoms with Crippen molar-refractivity contribution in [3.05, 3.63) is 24.3 Å². The number of rotatable bonds is 6. The van der Waals surface area contributed by atoms with Crippen molar-refractivity contribution in [2.24, 2.45) is 5.92 Å². The lowest BCUT2D eigenvalue weighted by atomic mass is 9.96. The maximum Gasteiger partial charge on any atom is 0.307 e. The van der Waals surface area contributed by atoms with Crippen LogP contribution in [-0.2, 0) is 14.3 Å². The normalized spacial score (nSPS) is 15.4. The zero-order valence-electron chi connectivity index (χ0n) is 15.2. The number of fused-ring (bicyclic) bond motifs is 1. The van der Waals surface area contributed by atoms with Crippen molar-refractivity contribution in [3.8, 4) is 0 Å². The molecule has 2 aromatic rings. The first-order valence-electron chi connectivity index (χ1n) is 9.10. The Morgan fingerprint density at radius 2 is 2.04 bits per heavy atom. The number of hydrogen-bond donors (Lipinski definition) is 1. The van der Waals surface area contributed by atoms with Crippen LogP contribution in [0.25, 0.3) is 11.1 Å². The Kier molecular flexibility index (Phi) is 5.75. The Labute approximate surface area is 152 Å². The molecule has 1 aliphatic heterocycles. The van der Waals surface area contributed by atoms with Crippen LogP contribution in [0.3, 0.4) is 0 Å². The van der Waals surface area contributed by atoms with Gasteiger partial charge in [0.15, 0.2) is 5.58 Å². The maximum atomic E-state index is 12.3. The molecule has 26 heavy (non-hydrogen) atoms. The number of anilines is 1. The number of nitrogens with zero attached hydrogens (tertiary/aromatic N) is 2. The highest BCUT2D eigenvalue weighted by Crippen LogP contribution is 2.26. The van der Waals surface area contributed by atoms with E-state index in [9.17, 15) is 9.59 Å². The standard InChI is InChI=1S/C19H25N3O4/c1-13(2)25-17(23)7-10-20-18(24)14-8-11-22(12-9-14)19-21-15-5-3-4-6-16(15)26-19/h3-6,13-14H,7-12H2,1-2H3,(H,20,24). The quantitative estimate of drug-likeness (QED) is 0.798. The van der Waals surface area contributed by atoms with Crippen molar-refractivity contribution in [1.82, 2.24) is 10.3 Å². The van der Waals surface area contributed by atoms with Crippen LogP contribution < -0.4 is 10.2 Å². The monoisotopic (exact) mass is 359 g/mol. The molecule has 0 unspecified atom stereocenters. The Morgan fingerprint density at radius 1 is 1.31 bits per heavy atom. The molecule has 140 valence electrons. The number of carbonyl (C=O) groups excluding carboxylic acids is 2. The molecule has 1 aromatic heterocycles. The number of aromatic nitrogens is 1. The summed E-state index contributed by atoms with van der Waals surface area (Å²) in [6.45, 7) is 5.37. The fourth-order valence-corrected chi connectivity index (χ4v) is 3.08. The second-order valence-electron chi connectivity index (χ2n) is 6.81. The van der Waals surface area contributed by atoms with Gasteiger partial charge in [0, 0.05) is 25.6 Å². The highest BCUT2D eigenvalue weighted by molar-refractivity contribution is 5.80. The molecular weight excluding hydrogens is 334 g/mol. The molecule has 1 aromatic carbocycles. The minimum Gasteiger partial charge on any atom is -0.463 e. The summed E-state index contributed by atoms with van der Waals surface area (Å²) in [5.74, 6) is -0.331. The lowest BCUT2D eigenvalue weighted by Gasteiger charge is -2.30. The summed E-state index contributed by atoms with van der Waals surface area (Å²) >= 11 is 0. The topological polar surface area (TPSA) is 84.7 Å². The first kappa shape index (κ1) is 18.2. The zero-order chi connectivity index (χ0) is 18.5. The van der Waals surface area contributed by atoms with Gasteiger partial charge in [0.2, 0.25) is 5.91 Å². The molecule has 1 saturated heterocycles. The van der Waals surface area contributed by atoms with Crippen molar-refractivity contribution in [2.75, 3.05) is 24.5 Å². The van der Waals surface area contributed by atoms with Gasteiger partial charge >= 0.3 is 5.97 Å². The van der Waals surface area contributed by atoms with Gasteiger partial charge in [0.25, 0.3) is 6.01 Å². The van der Waals surface area contributed by atoms with Gasteiger partial charge in [-0.3, -0.25) is 9.59 Å². The molecular formula is C19H25N3O4. The Morgan fingerprint density at radius 3 is 2.73 bits per heavy atom. The molecule has 0 radical (unpaired) electrons. The molecule has 1 amide bonds. The van der Waals surface area contributed by atoms with Crippen LogP contribution in [-0.4, -0.2) is 42.6 Å². The molecule has 0 atom stereocenters. The third kappa shape index (κ3) is 4.53. The molecule has 2 heterocycles. The number of benzene rings is 1. The van der Waals surface area contributed by atoms with E-state index in [2.05, 4.69) is 15.2 Å². The van der Waals surface area contributed by atoms with E-state index in [1.807, 2.05) is 24.3 Å². The van der Waals surface area contributed by atoms with Crippen molar-refractivity contribution in [3.63, 3.8) is 0 Å². The van der Waals surface area contributed by atoms with E-state index >= 15 is 0 Å². The van der Waals surface area contributed by atoms with E-state index in [0.717, 1.165) is 37.0 Å². The molecule has 1 N–H and O–H groups in total. The molecule has 0 spiro atoms. The number of esters is 1. The van der Waals surface area contributed by atoms with Gasteiger partial charge in [-0.15, -0.1) is 0 Å². The van der Waals surface area contributed by atoms with Crippen LogP contribution >= 0.6 is 0 Å². The highest BCUT2D eigenvalue weighted by atomic mass is 16.5. The minimum atomic E-state index is -0.286. The molecule has 0 bridgehead atoms. The van der Waals surface area contributed by atoms with Gasteiger partial charge in [-0.2, -0.15) is 4.98 Å². The molecule has 3 rings (SSSR count). The first-order chi connectivity index (χ1) is 12.5. The number of nitrogens with one attached hydrogen (secondary N) is 1. The molecule has 0 saturated carbocycles. The number of hydrogen-bond acceptors (Lipinski definition) is 6. The summed E-state index contributed by atoms with van der Waals surface area (Å²) < 4.78 is 10.8. The number of oxazole rings is 1. The average molecular weight is 359 g/mol. The third-order valence-electron chi connectivity index (χ3n) is 4.41. The third-order valence-corrected chi connectivity index (χ3v) is 4.41. The van der Waals surface area contributed by atoms with Crippen molar-refractivity contribution in [1.29, 1.82) is 0 Å². The van der Waals surface area contributed by atoms with Crippen molar-refractivity contribution < 1.29 is 18.7 Å². The number of ether oxygens (including phenoxy) is 1. The van der Waals surface area contributed by atoms with Crippen molar-refractivity contribution in [2.45, 2.75) is 39.2 Å². The van der Waals surface area contributed by atoms with Gasteiger partial charge in [0.05, 0.1) is 12.5 Å². The predicted molar refractivity (Wildman–Crippen MR) is 97.8 cm³/mol. The number of piperidine rings is 1. The first-order valence-corrected chi connectivity index (χ1v) is 9.10. The van der Waals surface area contributed by atoms with Crippen LogP contribution in [0.1, 0.15) is 33.1 Å². The Hall–Kier alpha value is -2.57. The largest absolute Gasteiger partial charge is 0.463 e. The van der Waals surface area contributed by atoms with Crippen LogP contribution in [0.5, 0.6) is 0 Å². The number of carbonyl (C=O) groups is 2. The fraction of sp³-hybridized carbons (Fsp3) is 0.526. The van der Waals surface area contributed by atoms with E-state index in [1.165, 1.54) is 0 Å². The number of para-hydroxylation sites is 2. The van der Waals surface area contributed by atoms with Gasteiger partial charge in [-0.1, -0.05) is 12.1 Å². The summed E-state index contributed by atoms with van der Waals surface area (Å²) in [5.41, 5.74) is 1.62. The van der Waals surface area contributed by atoms with Gasteiger partial charge < -0.3 is 19.4 Å². The Balaban J connectivity index is 1.44. The van der Waals surface area contributed by atoms with Crippen LogP contribution in [0.2, 0.25) is 0 Å². The summed E-state index contributed by atoms with van der Waals surface area (Å²) in [7, 11) is 0. The van der Waals surface area contributed by atoms with E-state index in [-0.39, 0.29) is 30.3 Å². The van der Waals surface area contributed by atoms with E-state index in [1.54, 1.807) is 13.8 Å². The highest BCUT2D eigenvalue weighted by Gasteiger charge is 2.27. The van der Waals surface area contributed by atoms with Crippen LogP contribution in [0.4, 0.5) is 6.01 Å². The van der Waals surface area contributed by atoms with E-state index in [4.69, 9.17) is 9.15 Å². The molecule has 7 nitrogen and oxygen atoms in total. The molecule has 7 heteroatoms. The van der Waals surface area contributed by atoms with Crippen LogP contribution in [0, 0.1) is 5.92 Å². The SMILES string of the molecule is CC(C)OC(=O)CCNC(=O)C1CCN(c2nc3ccccc3o2)CC1. The zero-order valence-corrected chi connectivity index (χ0v) is 15.2. The maximum absolute atomic E-state index is 12.3. The fourth-order valence-electron chi connectivity index (χ4n) is 3.08. The lowest BCUT2D eigenvalue weighted by Crippen LogP contribution is -2.41. The summed E-state index contributed by atoms with van der Waals surface area (Å²) in [4.78, 5) is 30.3. The van der Waals surface area contributed by atoms with Gasteiger partial charge in [-0.25, -0.2) is 0 Å². The second-order valence-corrected chi connectivity index (χ2v) is 6.81. The summed E-state index contributed by atoms with van der Waals surface area (Å²) in [6, 6.07) is 8.29. The summed E-state index contributed by atoms with van der Waals surface area (Å²) in [5, 5.41) is 2.84. The van der Waals surface area contributed by atoms with Gasteiger partial charge in [-0.05, 0) is 38.8 Å². The summed E-state index contributed by atoms with van der Waals surface area (Å²) in [6.07, 6.45) is 1.54. The van der Waals surface area contributed by atoms with Gasteiger partial charge in [0.1, 0.15) is 5.52 Å². The molecule has 1 aliphatic rings. The smallest absolute Gasteiger partial charge is 0.307 e. The predicted octanol–water partition coefficient (Wildman–Crippen LogP) is 2.50. The van der Waals surface area contributed by atoms with Crippen LogP contribution in [0.15, 0.2) is 28.7 Å².